The molecule has 2 aromatic carbocycles. The van der Waals surface area contributed by atoms with Gasteiger partial charge in [-0.25, -0.2) is 23.0 Å². The first-order chi connectivity index (χ1) is 13.8. The lowest BCUT2D eigenvalue weighted by molar-refractivity contribution is -0.137. The van der Waals surface area contributed by atoms with Crippen molar-refractivity contribution in [1.29, 1.82) is 0 Å². The van der Waals surface area contributed by atoms with Crippen LogP contribution in [0, 0.1) is 6.92 Å². The lowest BCUT2D eigenvalue weighted by Gasteiger charge is -2.08. The van der Waals surface area contributed by atoms with Crippen LogP contribution in [0.3, 0.4) is 0 Å². The van der Waals surface area contributed by atoms with Gasteiger partial charge in [-0.3, -0.25) is 0 Å². The van der Waals surface area contributed by atoms with Crippen molar-refractivity contribution in [3.63, 3.8) is 0 Å². The number of aromatic nitrogens is 2. The number of sulfonamides is 1. The molecular weight excluding hydrogens is 390 g/mol. The Morgan fingerprint density at radius 2 is 1.79 bits per heavy atom. The molecule has 0 saturated carbocycles. The van der Waals surface area contributed by atoms with Gasteiger partial charge in [-0.1, -0.05) is 29.8 Å². The average Bonchev–Trinajstić information content (AvgIpc) is 3.11. The zero-order valence-electron chi connectivity index (χ0n) is 16.1. The first kappa shape index (κ1) is 20.5. The van der Waals surface area contributed by atoms with Crippen LogP contribution in [0.15, 0.2) is 65.6 Å². The molecule has 0 radical (unpaired) electrons. The maximum Gasteiger partial charge on any atom is 0.330 e. The van der Waals surface area contributed by atoms with E-state index in [-0.39, 0.29) is 4.90 Å². The van der Waals surface area contributed by atoms with Crippen molar-refractivity contribution in [3.8, 4) is 16.9 Å². The number of hydrogen-bond donors (Lipinski definition) is 1. The van der Waals surface area contributed by atoms with E-state index >= 15 is 0 Å². The number of benzene rings is 2. The molecule has 0 aliphatic heterocycles. The van der Waals surface area contributed by atoms with Gasteiger partial charge < -0.3 is 4.74 Å². The van der Waals surface area contributed by atoms with Crippen LogP contribution in [-0.2, 0) is 19.6 Å². The lowest BCUT2D eigenvalue weighted by Crippen LogP contribution is -2.12. The molecule has 29 heavy (non-hydrogen) atoms. The van der Waals surface area contributed by atoms with Gasteiger partial charge in [0, 0.05) is 11.6 Å². The minimum atomic E-state index is -3.78. The Labute approximate surface area is 169 Å². The third-order valence-electron chi connectivity index (χ3n) is 4.16. The maximum absolute atomic E-state index is 11.6. The summed E-state index contributed by atoms with van der Waals surface area (Å²) < 4.78 is 29.6. The van der Waals surface area contributed by atoms with Crippen molar-refractivity contribution in [2.45, 2.75) is 18.7 Å². The Bertz CT molecular complexity index is 1150. The summed E-state index contributed by atoms with van der Waals surface area (Å²) in [6.07, 6.45) is 2.89. The van der Waals surface area contributed by atoms with Crippen LogP contribution in [0.4, 0.5) is 0 Å². The normalized spacial score (nSPS) is 11.7. The summed E-state index contributed by atoms with van der Waals surface area (Å²) in [5.74, 6) is -0.448. The minimum absolute atomic E-state index is 0.0210. The van der Waals surface area contributed by atoms with Crippen LogP contribution in [0.25, 0.3) is 23.0 Å². The Balaban J connectivity index is 2.06. The van der Waals surface area contributed by atoms with Gasteiger partial charge in [0.1, 0.15) is 0 Å². The van der Waals surface area contributed by atoms with Crippen LogP contribution in [0.5, 0.6) is 0 Å². The molecule has 1 aromatic heterocycles. The molecule has 0 aliphatic carbocycles. The van der Waals surface area contributed by atoms with E-state index in [1.165, 1.54) is 18.2 Å². The van der Waals surface area contributed by atoms with Crippen molar-refractivity contribution < 1.29 is 17.9 Å². The number of carbonyl (C=O) groups excluding carboxylic acids is 1. The van der Waals surface area contributed by atoms with E-state index in [4.69, 9.17) is 9.88 Å². The van der Waals surface area contributed by atoms with Crippen LogP contribution in [0.2, 0.25) is 0 Å². The third kappa shape index (κ3) is 4.98. The second kappa shape index (κ2) is 8.42. The number of nitrogens with two attached hydrogens (primary N) is 1. The Kier molecular flexibility index (Phi) is 5.95. The monoisotopic (exact) mass is 411 g/mol. The molecule has 0 aliphatic rings. The Morgan fingerprint density at radius 3 is 2.38 bits per heavy atom. The van der Waals surface area contributed by atoms with Gasteiger partial charge in [-0.05, 0) is 50.3 Å². The summed E-state index contributed by atoms with van der Waals surface area (Å²) >= 11 is 0. The molecule has 7 nitrogen and oxygen atoms in total. The molecule has 0 amide bonds. The third-order valence-corrected chi connectivity index (χ3v) is 5.09. The number of rotatable bonds is 6. The first-order valence-electron chi connectivity index (χ1n) is 8.93. The van der Waals surface area contributed by atoms with Crippen LogP contribution in [0.1, 0.15) is 18.2 Å². The van der Waals surface area contributed by atoms with E-state index in [0.717, 1.165) is 16.8 Å². The molecule has 0 bridgehead atoms. The zero-order chi connectivity index (χ0) is 21.0. The minimum Gasteiger partial charge on any atom is -0.463 e. The molecule has 0 saturated heterocycles. The highest BCUT2D eigenvalue weighted by molar-refractivity contribution is 7.89. The molecule has 0 unspecified atom stereocenters. The fourth-order valence-corrected chi connectivity index (χ4v) is 3.24. The van der Waals surface area contributed by atoms with Crippen molar-refractivity contribution in [3.05, 3.63) is 71.9 Å². The highest BCUT2D eigenvalue weighted by atomic mass is 32.2. The van der Waals surface area contributed by atoms with E-state index in [0.29, 0.717) is 18.0 Å². The average molecular weight is 411 g/mol. The molecule has 3 rings (SSSR count). The predicted octanol–water partition coefficient (Wildman–Crippen LogP) is 3.07. The SMILES string of the molecule is CCOC(=O)C=Cc1cc(-c2ccc(C)cc2)n(-c2ccc(S(N)(=O)=O)cc2)n1. The summed E-state index contributed by atoms with van der Waals surface area (Å²) in [6, 6.07) is 15.9. The summed E-state index contributed by atoms with van der Waals surface area (Å²) in [4.78, 5) is 11.6. The second-order valence-electron chi connectivity index (χ2n) is 6.36. The van der Waals surface area contributed by atoms with Crippen LogP contribution >= 0.6 is 0 Å². The fourth-order valence-electron chi connectivity index (χ4n) is 2.73. The summed E-state index contributed by atoms with van der Waals surface area (Å²) in [6.45, 7) is 4.03. The van der Waals surface area contributed by atoms with Gasteiger partial charge in [-0.2, -0.15) is 5.10 Å². The van der Waals surface area contributed by atoms with Gasteiger partial charge in [0.05, 0.1) is 28.6 Å². The summed E-state index contributed by atoms with van der Waals surface area (Å²) in [5, 5.41) is 9.72. The van der Waals surface area contributed by atoms with Crippen LogP contribution in [-0.4, -0.2) is 30.8 Å². The molecule has 0 fully saturated rings. The predicted molar refractivity (Wildman–Crippen MR) is 111 cm³/mol. The van der Waals surface area contributed by atoms with Gasteiger partial charge in [0.2, 0.25) is 10.0 Å². The van der Waals surface area contributed by atoms with Crippen molar-refractivity contribution in [2.75, 3.05) is 6.61 Å². The van der Waals surface area contributed by atoms with Crippen molar-refractivity contribution >= 4 is 22.1 Å². The Morgan fingerprint density at radius 1 is 1.14 bits per heavy atom. The first-order valence-corrected chi connectivity index (χ1v) is 10.5. The standard InChI is InChI=1S/C21H21N3O4S/c1-3-28-21(25)13-8-17-14-20(16-6-4-15(2)5-7-16)24(23-17)18-9-11-19(12-10-18)29(22,26)27/h4-14H,3H2,1-2H3,(H2,22,26,27). The molecule has 0 atom stereocenters. The lowest BCUT2D eigenvalue weighted by atomic mass is 10.1. The highest BCUT2D eigenvalue weighted by Crippen LogP contribution is 2.25. The maximum atomic E-state index is 11.6. The highest BCUT2D eigenvalue weighted by Gasteiger charge is 2.13. The molecule has 2 N–H and O–H groups in total. The van der Waals surface area contributed by atoms with Crippen molar-refractivity contribution in [1.82, 2.24) is 9.78 Å². The van der Waals surface area contributed by atoms with E-state index in [1.807, 2.05) is 37.3 Å². The zero-order valence-corrected chi connectivity index (χ0v) is 16.9. The largest absolute Gasteiger partial charge is 0.463 e. The number of ether oxygens (including phenoxy) is 1. The smallest absolute Gasteiger partial charge is 0.330 e. The summed E-state index contributed by atoms with van der Waals surface area (Å²) in [5.41, 5.74) is 4.05. The molecular formula is C21H21N3O4S. The fraction of sp³-hybridized carbons (Fsp3) is 0.143. The molecule has 0 spiro atoms. The van der Waals surface area contributed by atoms with E-state index in [2.05, 4.69) is 5.10 Å². The van der Waals surface area contributed by atoms with Gasteiger partial charge in [0.15, 0.2) is 0 Å². The van der Waals surface area contributed by atoms with E-state index in [1.54, 1.807) is 29.8 Å². The van der Waals surface area contributed by atoms with E-state index in [9.17, 15) is 13.2 Å². The summed E-state index contributed by atoms with van der Waals surface area (Å²) in [7, 11) is -3.78. The molecule has 3 aromatic rings. The van der Waals surface area contributed by atoms with Gasteiger partial charge in [-0.15, -0.1) is 0 Å². The van der Waals surface area contributed by atoms with Crippen LogP contribution < -0.4 is 5.14 Å². The number of primary sulfonamides is 1. The quantitative estimate of drug-likeness (QED) is 0.496. The number of aryl methyl sites for hydroxylation is 1. The number of carbonyl (C=O) groups is 1. The molecule has 150 valence electrons. The Hall–Kier alpha value is -3.23. The topological polar surface area (TPSA) is 104 Å². The van der Waals surface area contributed by atoms with Gasteiger partial charge in [0.25, 0.3) is 0 Å². The van der Waals surface area contributed by atoms with Gasteiger partial charge >= 0.3 is 5.97 Å². The van der Waals surface area contributed by atoms with E-state index < -0.39 is 16.0 Å². The number of hydrogen-bond acceptors (Lipinski definition) is 5. The molecule has 8 heteroatoms. The number of nitrogens with zero attached hydrogens (tertiary/aromatic N) is 2. The van der Waals surface area contributed by atoms with Crippen molar-refractivity contribution in [2.24, 2.45) is 5.14 Å². The number of esters is 1. The second-order valence-corrected chi connectivity index (χ2v) is 7.92. The molecule has 1 heterocycles.